The van der Waals surface area contributed by atoms with Gasteiger partial charge in [0.25, 0.3) is 0 Å². The van der Waals surface area contributed by atoms with Crippen LogP contribution in [0.4, 0.5) is 5.69 Å². The summed E-state index contributed by atoms with van der Waals surface area (Å²) in [5.41, 5.74) is 4.80. The second-order valence-corrected chi connectivity index (χ2v) is 4.37. The third-order valence-corrected chi connectivity index (χ3v) is 3.12. The van der Waals surface area contributed by atoms with E-state index in [1.807, 2.05) is 0 Å². The lowest BCUT2D eigenvalue weighted by Crippen LogP contribution is -2.05. The molecular weight excluding hydrogens is 222 g/mol. The fraction of sp³-hybridized carbons (Fsp3) is 0.538. The number of hydrogen-bond acceptors (Lipinski definition) is 2. The molecule has 1 N–H and O–H groups in total. The van der Waals surface area contributed by atoms with Gasteiger partial charge in [-0.15, -0.1) is 11.6 Å². The molecule has 0 heterocycles. The van der Waals surface area contributed by atoms with Crippen LogP contribution in [0.2, 0.25) is 0 Å². The fourth-order valence-electron chi connectivity index (χ4n) is 1.85. The van der Waals surface area contributed by atoms with Crippen molar-refractivity contribution in [3.63, 3.8) is 0 Å². The molecule has 0 fully saturated rings. The zero-order valence-electron chi connectivity index (χ0n) is 10.5. The molecule has 0 aliphatic carbocycles. The number of alkyl halides is 1. The van der Waals surface area contributed by atoms with Crippen molar-refractivity contribution < 1.29 is 4.74 Å². The van der Waals surface area contributed by atoms with Crippen LogP contribution in [0, 0.1) is 20.8 Å². The quantitative estimate of drug-likeness (QED) is 0.628. The van der Waals surface area contributed by atoms with Crippen LogP contribution in [-0.2, 0) is 0 Å². The molecule has 2 nitrogen and oxygen atoms in total. The SMILES string of the molecule is COc1c(C)cc(NCCCCl)c(C)c1C. The molecule has 1 aromatic rings. The van der Waals surface area contributed by atoms with Gasteiger partial charge in [0.2, 0.25) is 0 Å². The zero-order chi connectivity index (χ0) is 12.1. The normalized spacial score (nSPS) is 10.3. The monoisotopic (exact) mass is 241 g/mol. The Kier molecular flexibility index (Phi) is 4.94. The molecule has 0 saturated carbocycles. The van der Waals surface area contributed by atoms with Gasteiger partial charge in [-0.2, -0.15) is 0 Å². The highest BCUT2D eigenvalue weighted by Crippen LogP contribution is 2.31. The summed E-state index contributed by atoms with van der Waals surface area (Å²) in [6.07, 6.45) is 0.977. The first kappa shape index (κ1) is 13.2. The number of aryl methyl sites for hydroxylation is 1. The van der Waals surface area contributed by atoms with E-state index >= 15 is 0 Å². The molecule has 0 aliphatic heterocycles. The molecule has 0 bridgehead atoms. The molecule has 0 saturated heterocycles. The average Bonchev–Trinajstić information content (AvgIpc) is 2.26. The second kappa shape index (κ2) is 6.00. The van der Waals surface area contributed by atoms with Crippen molar-refractivity contribution >= 4 is 17.3 Å². The minimum atomic E-state index is 0.695. The number of hydrogen-bond donors (Lipinski definition) is 1. The van der Waals surface area contributed by atoms with Crippen LogP contribution >= 0.6 is 11.6 Å². The Hall–Kier alpha value is -0.890. The van der Waals surface area contributed by atoms with E-state index in [-0.39, 0.29) is 0 Å². The van der Waals surface area contributed by atoms with Crippen molar-refractivity contribution in [1.29, 1.82) is 0 Å². The maximum Gasteiger partial charge on any atom is 0.125 e. The van der Waals surface area contributed by atoms with Crippen LogP contribution in [-0.4, -0.2) is 19.5 Å². The van der Waals surface area contributed by atoms with Gasteiger partial charge in [0, 0.05) is 18.1 Å². The standard InChI is InChI=1S/C13H20ClNO/c1-9-8-12(15-7-5-6-14)10(2)11(3)13(9)16-4/h8,15H,5-7H2,1-4H3. The van der Waals surface area contributed by atoms with Gasteiger partial charge < -0.3 is 10.1 Å². The Morgan fingerprint density at radius 2 is 1.94 bits per heavy atom. The number of anilines is 1. The van der Waals surface area contributed by atoms with Gasteiger partial charge in [-0.05, 0) is 49.9 Å². The van der Waals surface area contributed by atoms with Crippen LogP contribution in [0.5, 0.6) is 5.75 Å². The molecule has 90 valence electrons. The summed E-state index contributed by atoms with van der Waals surface area (Å²) in [7, 11) is 1.72. The van der Waals surface area contributed by atoms with E-state index in [1.165, 1.54) is 22.4 Å². The third kappa shape index (κ3) is 2.82. The van der Waals surface area contributed by atoms with Gasteiger partial charge in [-0.25, -0.2) is 0 Å². The fourth-order valence-corrected chi connectivity index (χ4v) is 1.98. The number of benzene rings is 1. The van der Waals surface area contributed by atoms with Gasteiger partial charge in [0.05, 0.1) is 7.11 Å². The minimum absolute atomic E-state index is 0.695. The Morgan fingerprint density at radius 3 is 2.50 bits per heavy atom. The maximum absolute atomic E-state index is 5.66. The molecule has 0 spiro atoms. The molecule has 1 aromatic carbocycles. The lowest BCUT2D eigenvalue weighted by atomic mass is 10.0. The zero-order valence-corrected chi connectivity index (χ0v) is 11.2. The number of nitrogens with one attached hydrogen (secondary N) is 1. The predicted octanol–water partition coefficient (Wildman–Crippen LogP) is 3.66. The molecule has 0 aromatic heterocycles. The van der Waals surface area contributed by atoms with Gasteiger partial charge in [-0.3, -0.25) is 0 Å². The van der Waals surface area contributed by atoms with Crippen LogP contribution in [0.25, 0.3) is 0 Å². The summed E-state index contributed by atoms with van der Waals surface area (Å²) in [6.45, 7) is 7.18. The number of ether oxygens (including phenoxy) is 1. The predicted molar refractivity (Wildman–Crippen MR) is 71.0 cm³/mol. The summed E-state index contributed by atoms with van der Waals surface area (Å²) in [6, 6.07) is 2.13. The van der Waals surface area contributed by atoms with E-state index in [2.05, 4.69) is 32.2 Å². The number of halogens is 1. The lowest BCUT2D eigenvalue weighted by molar-refractivity contribution is 0.408. The topological polar surface area (TPSA) is 21.3 Å². The Morgan fingerprint density at radius 1 is 1.25 bits per heavy atom. The summed E-state index contributed by atoms with van der Waals surface area (Å²) < 4.78 is 5.39. The summed E-state index contributed by atoms with van der Waals surface area (Å²) in [4.78, 5) is 0. The number of methoxy groups -OCH3 is 1. The Labute approximate surface area is 103 Å². The van der Waals surface area contributed by atoms with Crippen molar-refractivity contribution in [3.05, 3.63) is 22.8 Å². The van der Waals surface area contributed by atoms with E-state index in [0.717, 1.165) is 18.7 Å². The summed E-state index contributed by atoms with van der Waals surface area (Å²) in [5.74, 6) is 1.68. The summed E-state index contributed by atoms with van der Waals surface area (Å²) >= 11 is 5.66. The van der Waals surface area contributed by atoms with Crippen molar-refractivity contribution in [3.8, 4) is 5.75 Å². The molecule has 0 unspecified atom stereocenters. The highest BCUT2D eigenvalue weighted by atomic mass is 35.5. The molecular formula is C13H20ClNO. The summed E-state index contributed by atoms with van der Waals surface area (Å²) in [5, 5.41) is 3.41. The Bertz CT molecular complexity index is 363. The van der Waals surface area contributed by atoms with Crippen molar-refractivity contribution in [2.45, 2.75) is 27.2 Å². The van der Waals surface area contributed by atoms with E-state index in [9.17, 15) is 0 Å². The van der Waals surface area contributed by atoms with Crippen molar-refractivity contribution in [1.82, 2.24) is 0 Å². The Balaban J connectivity index is 2.94. The number of rotatable bonds is 5. The first-order valence-electron chi connectivity index (χ1n) is 5.56. The first-order valence-corrected chi connectivity index (χ1v) is 6.10. The van der Waals surface area contributed by atoms with Gasteiger partial charge in [-0.1, -0.05) is 0 Å². The maximum atomic E-state index is 5.66. The van der Waals surface area contributed by atoms with Gasteiger partial charge in [0.15, 0.2) is 0 Å². The van der Waals surface area contributed by atoms with E-state index in [4.69, 9.17) is 16.3 Å². The van der Waals surface area contributed by atoms with Crippen LogP contribution in [0.15, 0.2) is 6.07 Å². The molecule has 0 aliphatic rings. The molecule has 1 rings (SSSR count). The van der Waals surface area contributed by atoms with Crippen LogP contribution in [0.3, 0.4) is 0 Å². The third-order valence-electron chi connectivity index (χ3n) is 2.86. The van der Waals surface area contributed by atoms with E-state index in [0.29, 0.717) is 5.88 Å². The van der Waals surface area contributed by atoms with E-state index in [1.54, 1.807) is 7.11 Å². The second-order valence-electron chi connectivity index (χ2n) is 3.99. The molecule has 16 heavy (non-hydrogen) atoms. The van der Waals surface area contributed by atoms with Crippen LogP contribution in [0.1, 0.15) is 23.1 Å². The smallest absolute Gasteiger partial charge is 0.125 e. The van der Waals surface area contributed by atoms with Crippen LogP contribution < -0.4 is 10.1 Å². The highest BCUT2D eigenvalue weighted by molar-refractivity contribution is 6.17. The van der Waals surface area contributed by atoms with E-state index < -0.39 is 0 Å². The minimum Gasteiger partial charge on any atom is -0.496 e. The molecule has 0 atom stereocenters. The van der Waals surface area contributed by atoms with Gasteiger partial charge in [0.1, 0.15) is 5.75 Å². The lowest BCUT2D eigenvalue weighted by Gasteiger charge is -2.16. The highest BCUT2D eigenvalue weighted by Gasteiger charge is 2.09. The molecule has 0 amide bonds. The largest absolute Gasteiger partial charge is 0.496 e. The molecule has 0 radical (unpaired) electrons. The average molecular weight is 242 g/mol. The molecule has 3 heteroatoms. The van der Waals surface area contributed by atoms with Crippen molar-refractivity contribution in [2.24, 2.45) is 0 Å². The van der Waals surface area contributed by atoms with Gasteiger partial charge >= 0.3 is 0 Å². The van der Waals surface area contributed by atoms with Crippen molar-refractivity contribution in [2.75, 3.05) is 24.9 Å². The first-order chi connectivity index (χ1) is 7.61.